The summed E-state index contributed by atoms with van der Waals surface area (Å²) in [6.07, 6.45) is 5.33. The highest BCUT2D eigenvalue weighted by Gasteiger charge is 2.29. The summed E-state index contributed by atoms with van der Waals surface area (Å²) in [5.41, 5.74) is 0. The SMILES string of the molecule is CCCCc1nnc(NC(=O)C2CCN(S(C)(=O)=O)CC2)s1. The lowest BCUT2D eigenvalue weighted by Crippen LogP contribution is -2.40. The maximum Gasteiger partial charge on any atom is 0.229 e. The molecule has 1 N–H and O–H groups in total. The Morgan fingerprint density at radius 2 is 2.05 bits per heavy atom. The maximum atomic E-state index is 12.2. The van der Waals surface area contributed by atoms with Crippen LogP contribution in [0.15, 0.2) is 0 Å². The summed E-state index contributed by atoms with van der Waals surface area (Å²) in [5.74, 6) is -0.257. The first-order chi connectivity index (χ1) is 10.4. The van der Waals surface area contributed by atoms with Crippen LogP contribution in [0.4, 0.5) is 5.13 Å². The van der Waals surface area contributed by atoms with Gasteiger partial charge in [-0.3, -0.25) is 4.79 Å². The second-order valence-electron chi connectivity index (χ2n) is 5.53. The van der Waals surface area contributed by atoms with Crippen molar-refractivity contribution in [3.63, 3.8) is 0 Å². The second kappa shape index (κ2) is 7.47. The number of nitrogens with one attached hydrogen (secondary N) is 1. The molecule has 1 aromatic rings. The lowest BCUT2D eigenvalue weighted by Gasteiger charge is -2.29. The van der Waals surface area contributed by atoms with Crippen molar-refractivity contribution in [3.05, 3.63) is 5.01 Å². The Labute approximate surface area is 135 Å². The largest absolute Gasteiger partial charge is 0.300 e. The predicted molar refractivity (Wildman–Crippen MR) is 86.3 cm³/mol. The average molecular weight is 346 g/mol. The summed E-state index contributed by atoms with van der Waals surface area (Å²) in [5, 5.41) is 12.3. The van der Waals surface area contributed by atoms with Crippen LogP contribution in [-0.2, 0) is 21.2 Å². The number of piperidine rings is 1. The van der Waals surface area contributed by atoms with Crippen LogP contribution in [0.5, 0.6) is 0 Å². The predicted octanol–water partition coefficient (Wildman–Crippen LogP) is 1.49. The summed E-state index contributed by atoms with van der Waals surface area (Å²) in [7, 11) is -3.16. The van der Waals surface area contributed by atoms with Gasteiger partial charge in [-0.15, -0.1) is 10.2 Å². The summed E-state index contributed by atoms with van der Waals surface area (Å²) in [6, 6.07) is 0. The van der Waals surface area contributed by atoms with Crippen molar-refractivity contribution >= 4 is 32.4 Å². The molecule has 1 fully saturated rings. The summed E-state index contributed by atoms with van der Waals surface area (Å²) in [6.45, 7) is 2.91. The molecule has 1 amide bonds. The highest BCUT2D eigenvalue weighted by Crippen LogP contribution is 2.22. The smallest absolute Gasteiger partial charge is 0.229 e. The third kappa shape index (κ3) is 4.72. The first-order valence-corrected chi connectivity index (χ1v) is 10.1. The maximum absolute atomic E-state index is 12.2. The third-order valence-corrected chi connectivity index (χ3v) is 5.94. The monoisotopic (exact) mass is 346 g/mol. The van der Waals surface area contributed by atoms with Gasteiger partial charge in [-0.05, 0) is 19.3 Å². The van der Waals surface area contributed by atoms with E-state index in [2.05, 4.69) is 22.4 Å². The molecule has 0 spiro atoms. The number of carbonyl (C=O) groups excluding carboxylic acids is 1. The molecule has 0 atom stereocenters. The fourth-order valence-electron chi connectivity index (χ4n) is 2.39. The first-order valence-electron chi connectivity index (χ1n) is 7.48. The van der Waals surface area contributed by atoms with E-state index in [0.29, 0.717) is 31.1 Å². The topological polar surface area (TPSA) is 92.3 Å². The molecule has 9 heteroatoms. The highest BCUT2D eigenvalue weighted by molar-refractivity contribution is 7.88. The summed E-state index contributed by atoms with van der Waals surface area (Å²) >= 11 is 1.41. The molecule has 22 heavy (non-hydrogen) atoms. The fraction of sp³-hybridized carbons (Fsp3) is 0.769. The molecule has 7 nitrogen and oxygen atoms in total. The number of aryl methyl sites for hydroxylation is 1. The number of unbranched alkanes of at least 4 members (excludes halogenated alkanes) is 1. The first kappa shape index (κ1) is 17.3. The lowest BCUT2D eigenvalue weighted by atomic mass is 9.97. The van der Waals surface area contributed by atoms with Crippen molar-refractivity contribution in [2.75, 3.05) is 24.7 Å². The molecular weight excluding hydrogens is 324 g/mol. The van der Waals surface area contributed by atoms with E-state index in [4.69, 9.17) is 0 Å². The normalized spacial score (nSPS) is 17.5. The zero-order chi connectivity index (χ0) is 16.2. The van der Waals surface area contributed by atoms with Gasteiger partial charge in [0.1, 0.15) is 5.01 Å². The van der Waals surface area contributed by atoms with Crippen molar-refractivity contribution in [1.82, 2.24) is 14.5 Å². The van der Waals surface area contributed by atoms with Crippen LogP contribution in [0.25, 0.3) is 0 Å². The minimum atomic E-state index is -3.16. The van der Waals surface area contributed by atoms with E-state index in [1.807, 2.05) is 0 Å². The molecule has 2 heterocycles. The Balaban J connectivity index is 1.84. The molecule has 0 aliphatic carbocycles. The minimum Gasteiger partial charge on any atom is -0.300 e. The molecule has 0 unspecified atom stereocenters. The van der Waals surface area contributed by atoms with Gasteiger partial charge >= 0.3 is 0 Å². The van der Waals surface area contributed by atoms with Crippen molar-refractivity contribution < 1.29 is 13.2 Å². The number of sulfonamides is 1. The minimum absolute atomic E-state index is 0.0913. The van der Waals surface area contributed by atoms with Gasteiger partial charge in [0.05, 0.1) is 6.26 Å². The molecule has 2 rings (SSSR count). The Morgan fingerprint density at radius 1 is 1.36 bits per heavy atom. The van der Waals surface area contributed by atoms with E-state index >= 15 is 0 Å². The number of hydrogen-bond acceptors (Lipinski definition) is 6. The quantitative estimate of drug-likeness (QED) is 0.842. The van der Waals surface area contributed by atoms with Crippen LogP contribution < -0.4 is 5.32 Å². The van der Waals surface area contributed by atoms with Crippen molar-refractivity contribution in [1.29, 1.82) is 0 Å². The number of nitrogens with zero attached hydrogens (tertiary/aromatic N) is 3. The molecule has 0 bridgehead atoms. The zero-order valence-electron chi connectivity index (χ0n) is 12.9. The van der Waals surface area contributed by atoms with Crippen LogP contribution in [0, 0.1) is 5.92 Å². The van der Waals surface area contributed by atoms with Crippen LogP contribution in [-0.4, -0.2) is 48.2 Å². The molecule has 0 aromatic carbocycles. The third-order valence-electron chi connectivity index (χ3n) is 3.73. The van der Waals surface area contributed by atoms with Crippen LogP contribution in [0.1, 0.15) is 37.6 Å². The number of hydrogen-bond donors (Lipinski definition) is 1. The van der Waals surface area contributed by atoms with Gasteiger partial charge in [0, 0.05) is 25.4 Å². The molecule has 1 saturated heterocycles. The van der Waals surface area contributed by atoms with E-state index < -0.39 is 10.0 Å². The van der Waals surface area contributed by atoms with E-state index in [1.165, 1.54) is 21.9 Å². The van der Waals surface area contributed by atoms with Gasteiger partial charge in [0.25, 0.3) is 0 Å². The number of aromatic nitrogens is 2. The van der Waals surface area contributed by atoms with E-state index in [0.717, 1.165) is 24.3 Å². The highest BCUT2D eigenvalue weighted by atomic mass is 32.2. The Kier molecular flexibility index (Phi) is 5.87. The van der Waals surface area contributed by atoms with E-state index in [1.54, 1.807) is 0 Å². The van der Waals surface area contributed by atoms with Gasteiger partial charge in [-0.2, -0.15) is 0 Å². The summed E-state index contributed by atoms with van der Waals surface area (Å²) in [4.78, 5) is 12.2. The molecule has 1 aromatic heterocycles. The Bertz CT molecular complexity index is 607. The zero-order valence-corrected chi connectivity index (χ0v) is 14.5. The second-order valence-corrected chi connectivity index (χ2v) is 8.57. The van der Waals surface area contributed by atoms with Crippen molar-refractivity contribution in [2.45, 2.75) is 39.0 Å². The molecule has 0 radical (unpaired) electrons. The Hall–Kier alpha value is -1.06. The van der Waals surface area contributed by atoms with Crippen molar-refractivity contribution in [3.8, 4) is 0 Å². The standard InChI is InChI=1S/C13H22N4O3S2/c1-3-4-5-11-15-16-13(21-11)14-12(18)10-6-8-17(9-7-10)22(2,19)20/h10H,3-9H2,1-2H3,(H,14,16,18). The van der Waals surface area contributed by atoms with Crippen LogP contribution in [0.2, 0.25) is 0 Å². The molecule has 124 valence electrons. The molecule has 1 aliphatic heterocycles. The molecule has 0 saturated carbocycles. The average Bonchev–Trinajstić information content (AvgIpc) is 2.92. The van der Waals surface area contributed by atoms with E-state index in [9.17, 15) is 13.2 Å². The number of anilines is 1. The van der Waals surface area contributed by atoms with Crippen LogP contribution >= 0.6 is 11.3 Å². The number of carbonyl (C=O) groups is 1. The summed E-state index contributed by atoms with van der Waals surface area (Å²) < 4.78 is 24.3. The fourth-order valence-corrected chi connectivity index (χ4v) is 4.05. The van der Waals surface area contributed by atoms with E-state index in [-0.39, 0.29) is 11.8 Å². The van der Waals surface area contributed by atoms with Gasteiger partial charge in [-0.25, -0.2) is 12.7 Å². The number of rotatable bonds is 6. The molecular formula is C13H22N4O3S2. The Morgan fingerprint density at radius 3 is 2.64 bits per heavy atom. The van der Waals surface area contributed by atoms with Crippen molar-refractivity contribution in [2.24, 2.45) is 5.92 Å². The number of amides is 1. The molecule has 1 aliphatic rings. The van der Waals surface area contributed by atoms with Gasteiger partial charge < -0.3 is 5.32 Å². The van der Waals surface area contributed by atoms with Gasteiger partial charge in [0.15, 0.2) is 0 Å². The van der Waals surface area contributed by atoms with Crippen LogP contribution in [0.3, 0.4) is 0 Å². The van der Waals surface area contributed by atoms with Gasteiger partial charge in [-0.1, -0.05) is 24.7 Å². The lowest BCUT2D eigenvalue weighted by molar-refractivity contribution is -0.120. The van der Waals surface area contributed by atoms with Gasteiger partial charge in [0.2, 0.25) is 21.1 Å².